The van der Waals surface area contributed by atoms with Crippen molar-refractivity contribution in [2.45, 2.75) is 6.42 Å². The number of methoxy groups -OCH3 is 1. The van der Waals surface area contributed by atoms with Crippen LogP contribution in [0.4, 0.5) is 0 Å². The Morgan fingerprint density at radius 2 is 1.74 bits per heavy atom. The van der Waals surface area contributed by atoms with Gasteiger partial charge in [-0.05, 0) is 29.8 Å². The lowest BCUT2D eigenvalue weighted by molar-refractivity contribution is 0.0384. The maximum Gasteiger partial charge on any atom is 0.118 e. The minimum Gasteiger partial charge on any atom is -0.497 e. The molecule has 1 aliphatic rings. The third-order valence-corrected chi connectivity index (χ3v) is 6.02. The molecule has 5 rings (SSSR count). The average molecular weight is 414 g/mol. The molecule has 0 unspecified atom stereocenters. The first-order valence-electron chi connectivity index (χ1n) is 10.8. The fraction of sp³-hybridized carbons (Fsp3) is 0.269. The molecule has 1 aliphatic heterocycles. The standard InChI is InChI=1S/C26H27N3O2/c1-30-22-8-6-19(7-9-22)20-16-21(18-27-17-20)26-23-4-2-3-5-24(23)28-25(26)10-11-29-12-14-31-15-13-29/h2-9,16-18,28H,10-15H2,1H3. The molecule has 2 aromatic heterocycles. The lowest BCUT2D eigenvalue weighted by atomic mass is 9.98. The average Bonchev–Trinajstić information content (AvgIpc) is 3.22. The fourth-order valence-corrected chi connectivity index (χ4v) is 4.33. The molecule has 0 amide bonds. The van der Waals surface area contributed by atoms with Crippen molar-refractivity contribution in [1.82, 2.24) is 14.9 Å². The summed E-state index contributed by atoms with van der Waals surface area (Å²) in [7, 11) is 1.69. The number of aromatic nitrogens is 2. The van der Waals surface area contributed by atoms with E-state index in [1.165, 1.54) is 22.2 Å². The highest BCUT2D eigenvalue weighted by Crippen LogP contribution is 2.34. The van der Waals surface area contributed by atoms with Gasteiger partial charge in [-0.15, -0.1) is 0 Å². The second kappa shape index (κ2) is 8.92. The highest BCUT2D eigenvalue weighted by atomic mass is 16.5. The van der Waals surface area contributed by atoms with Crippen LogP contribution in [0.5, 0.6) is 5.75 Å². The summed E-state index contributed by atoms with van der Waals surface area (Å²) >= 11 is 0. The van der Waals surface area contributed by atoms with Gasteiger partial charge in [0, 0.05) is 71.7 Å². The maximum absolute atomic E-state index is 5.50. The van der Waals surface area contributed by atoms with Gasteiger partial charge in [0.25, 0.3) is 0 Å². The normalized spacial score (nSPS) is 14.7. The molecule has 2 aromatic carbocycles. The predicted octanol–water partition coefficient (Wildman–Crippen LogP) is 4.78. The van der Waals surface area contributed by atoms with Crippen LogP contribution in [0.2, 0.25) is 0 Å². The van der Waals surface area contributed by atoms with E-state index >= 15 is 0 Å². The molecule has 31 heavy (non-hydrogen) atoms. The van der Waals surface area contributed by atoms with E-state index in [1.54, 1.807) is 7.11 Å². The number of rotatable bonds is 6. The number of morpholine rings is 1. The van der Waals surface area contributed by atoms with Crippen molar-refractivity contribution in [2.24, 2.45) is 0 Å². The zero-order chi connectivity index (χ0) is 21.0. The Morgan fingerprint density at radius 1 is 0.968 bits per heavy atom. The zero-order valence-corrected chi connectivity index (χ0v) is 17.8. The van der Waals surface area contributed by atoms with Crippen LogP contribution in [-0.4, -0.2) is 54.8 Å². The molecule has 1 N–H and O–H groups in total. The van der Waals surface area contributed by atoms with Gasteiger partial charge in [0.2, 0.25) is 0 Å². The Balaban J connectivity index is 1.51. The van der Waals surface area contributed by atoms with E-state index in [0.29, 0.717) is 0 Å². The molecule has 0 atom stereocenters. The summed E-state index contributed by atoms with van der Waals surface area (Å²) in [5.74, 6) is 0.856. The van der Waals surface area contributed by atoms with Gasteiger partial charge in [-0.25, -0.2) is 0 Å². The number of fused-ring (bicyclic) bond motifs is 1. The maximum atomic E-state index is 5.50. The Hall–Kier alpha value is -3.15. The van der Waals surface area contributed by atoms with Gasteiger partial charge in [-0.3, -0.25) is 9.88 Å². The van der Waals surface area contributed by atoms with Crippen LogP contribution >= 0.6 is 0 Å². The third kappa shape index (κ3) is 4.20. The van der Waals surface area contributed by atoms with Gasteiger partial charge < -0.3 is 14.5 Å². The molecule has 0 radical (unpaired) electrons. The quantitative estimate of drug-likeness (QED) is 0.494. The van der Waals surface area contributed by atoms with E-state index in [-0.39, 0.29) is 0 Å². The van der Waals surface area contributed by atoms with Crippen molar-refractivity contribution in [2.75, 3.05) is 40.0 Å². The number of H-pyrrole nitrogens is 1. The third-order valence-electron chi connectivity index (χ3n) is 6.02. The van der Waals surface area contributed by atoms with Gasteiger partial charge in [-0.2, -0.15) is 0 Å². The summed E-state index contributed by atoms with van der Waals surface area (Å²) in [5.41, 5.74) is 7.06. The number of nitrogens with zero attached hydrogens (tertiary/aromatic N) is 2. The largest absolute Gasteiger partial charge is 0.497 e. The molecule has 158 valence electrons. The van der Waals surface area contributed by atoms with E-state index in [0.717, 1.165) is 61.7 Å². The van der Waals surface area contributed by atoms with Crippen LogP contribution in [0.3, 0.4) is 0 Å². The van der Waals surface area contributed by atoms with Crippen molar-refractivity contribution < 1.29 is 9.47 Å². The van der Waals surface area contributed by atoms with Crippen LogP contribution in [-0.2, 0) is 11.2 Å². The Bertz CT molecular complexity index is 1160. The molecule has 4 aromatic rings. The number of hydrogen-bond acceptors (Lipinski definition) is 4. The van der Waals surface area contributed by atoms with Gasteiger partial charge in [-0.1, -0.05) is 30.3 Å². The second-order valence-corrected chi connectivity index (χ2v) is 7.92. The molecule has 0 spiro atoms. The Labute approximate surface area is 182 Å². The van der Waals surface area contributed by atoms with Gasteiger partial charge in [0.1, 0.15) is 5.75 Å². The lowest BCUT2D eigenvalue weighted by Crippen LogP contribution is -2.37. The predicted molar refractivity (Wildman–Crippen MR) is 124 cm³/mol. The van der Waals surface area contributed by atoms with E-state index < -0.39 is 0 Å². The van der Waals surface area contributed by atoms with Gasteiger partial charge in [0.15, 0.2) is 0 Å². The van der Waals surface area contributed by atoms with Crippen molar-refractivity contribution in [3.05, 3.63) is 72.7 Å². The zero-order valence-electron chi connectivity index (χ0n) is 17.8. The van der Waals surface area contributed by atoms with Crippen molar-refractivity contribution >= 4 is 10.9 Å². The number of nitrogens with one attached hydrogen (secondary N) is 1. The van der Waals surface area contributed by atoms with E-state index in [1.807, 2.05) is 24.5 Å². The van der Waals surface area contributed by atoms with Crippen LogP contribution in [0.25, 0.3) is 33.2 Å². The topological polar surface area (TPSA) is 50.4 Å². The monoisotopic (exact) mass is 413 g/mol. The minimum atomic E-state index is 0.827. The van der Waals surface area contributed by atoms with Crippen molar-refractivity contribution in [3.63, 3.8) is 0 Å². The van der Waals surface area contributed by atoms with E-state index in [2.05, 4.69) is 57.3 Å². The Kier molecular flexibility index (Phi) is 5.69. The van der Waals surface area contributed by atoms with Crippen molar-refractivity contribution in [1.29, 1.82) is 0 Å². The molecule has 1 saturated heterocycles. The van der Waals surface area contributed by atoms with E-state index in [4.69, 9.17) is 9.47 Å². The summed E-state index contributed by atoms with van der Waals surface area (Å²) in [5, 5.41) is 1.24. The Morgan fingerprint density at radius 3 is 2.55 bits per heavy atom. The molecule has 3 heterocycles. The van der Waals surface area contributed by atoms with Crippen LogP contribution < -0.4 is 4.74 Å². The number of hydrogen-bond donors (Lipinski definition) is 1. The van der Waals surface area contributed by atoms with Crippen LogP contribution in [0.15, 0.2) is 67.0 Å². The van der Waals surface area contributed by atoms with Gasteiger partial charge in [0.05, 0.1) is 20.3 Å². The molecular formula is C26H27N3O2. The smallest absolute Gasteiger partial charge is 0.118 e. The van der Waals surface area contributed by atoms with Crippen molar-refractivity contribution in [3.8, 4) is 28.0 Å². The SMILES string of the molecule is COc1ccc(-c2cncc(-c3c(CCN4CCOCC4)[nH]c4ccccc34)c2)cc1. The summed E-state index contributed by atoms with van der Waals surface area (Å²) in [6.45, 7) is 4.68. The van der Waals surface area contributed by atoms with Crippen LogP contribution in [0.1, 0.15) is 5.69 Å². The van der Waals surface area contributed by atoms with E-state index in [9.17, 15) is 0 Å². The first-order chi connectivity index (χ1) is 15.3. The number of para-hydroxylation sites is 1. The molecule has 0 saturated carbocycles. The molecule has 0 bridgehead atoms. The molecular weight excluding hydrogens is 386 g/mol. The highest BCUT2D eigenvalue weighted by Gasteiger charge is 2.17. The number of pyridine rings is 1. The number of ether oxygens (including phenoxy) is 2. The number of benzene rings is 2. The first kappa shape index (κ1) is 19.8. The summed E-state index contributed by atoms with van der Waals surface area (Å²) < 4.78 is 10.8. The summed E-state index contributed by atoms with van der Waals surface area (Å²) in [4.78, 5) is 10.7. The second-order valence-electron chi connectivity index (χ2n) is 7.92. The molecule has 5 nitrogen and oxygen atoms in total. The molecule has 0 aliphatic carbocycles. The van der Waals surface area contributed by atoms with Crippen LogP contribution in [0, 0.1) is 0 Å². The lowest BCUT2D eigenvalue weighted by Gasteiger charge is -2.26. The number of aromatic amines is 1. The molecule has 5 heteroatoms. The molecule has 1 fully saturated rings. The summed E-state index contributed by atoms with van der Waals surface area (Å²) in [6.07, 6.45) is 4.87. The first-order valence-corrected chi connectivity index (χ1v) is 10.8. The summed E-state index contributed by atoms with van der Waals surface area (Å²) in [6, 6.07) is 18.9. The van der Waals surface area contributed by atoms with Gasteiger partial charge >= 0.3 is 0 Å². The minimum absolute atomic E-state index is 0.827. The fourth-order valence-electron chi connectivity index (χ4n) is 4.33. The highest BCUT2D eigenvalue weighted by molar-refractivity contribution is 5.98.